The van der Waals surface area contributed by atoms with Crippen molar-refractivity contribution in [1.82, 2.24) is 15.5 Å². The summed E-state index contributed by atoms with van der Waals surface area (Å²) in [6.07, 6.45) is 1.13. The van der Waals surface area contributed by atoms with Gasteiger partial charge in [-0.15, -0.1) is 0 Å². The fourth-order valence-corrected chi connectivity index (χ4v) is 3.74. The zero-order valence-electron chi connectivity index (χ0n) is 20.1. The van der Waals surface area contributed by atoms with Crippen molar-refractivity contribution in [2.45, 2.75) is 76.5 Å². The monoisotopic (exact) mass is 499 g/mol. The summed E-state index contributed by atoms with van der Waals surface area (Å²) in [5.41, 5.74) is 16.3. The third-order valence-electron chi connectivity index (χ3n) is 5.91. The van der Waals surface area contributed by atoms with Crippen LogP contribution in [0.15, 0.2) is 4.99 Å². The Labute approximate surface area is 203 Å². The summed E-state index contributed by atoms with van der Waals surface area (Å²) in [5.74, 6) is -5.06. The van der Waals surface area contributed by atoms with Crippen LogP contribution in [0.25, 0.3) is 0 Å². The second kappa shape index (κ2) is 14.1. The van der Waals surface area contributed by atoms with Gasteiger partial charge < -0.3 is 42.9 Å². The van der Waals surface area contributed by atoms with E-state index in [1.165, 1.54) is 4.90 Å². The summed E-state index contributed by atoms with van der Waals surface area (Å²) in [7, 11) is 0. The molecule has 1 saturated heterocycles. The Morgan fingerprint density at radius 3 is 2.34 bits per heavy atom. The fraction of sp³-hybridized carbons (Fsp3) is 0.714. The molecule has 0 aromatic carbocycles. The van der Waals surface area contributed by atoms with Crippen molar-refractivity contribution in [1.29, 1.82) is 0 Å². The first-order valence-electron chi connectivity index (χ1n) is 11.6. The fourth-order valence-electron chi connectivity index (χ4n) is 3.74. The molecular formula is C21H37N7O7. The summed E-state index contributed by atoms with van der Waals surface area (Å²) in [4.78, 5) is 66.4. The van der Waals surface area contributed by atoms with Gasteiger partial charge in [0.15, 0.2) is 5.96 Å². The predicted octanol–water partition coefficient (Wildman–Crippen LogP) is -2.07. The molecule has 35 heavy (non-hydrogen) atoms. The average Bonchev–Trinajstić information content (AvgIpc) is 3.27. The number of carboxylic acids is 2. The quantitative estimate of drug-likeness (QED) is 0.0781. The smallest absolute Gasteiger partial charge is 0.326 e. The average molecular weight is 500 g/mol. The minimum absolute atomic E-state index is 0.0989. The summed E-state index contributed by atoms with van der Waals surface area (Å²) < 4.78 is 0. The molecule has 0 radical (unpaired) electrons. The first-order valence-corrected chi connectivity index (χ1v) is 11.6. The van der Waals surface area contributed by atoms with Gasteiger partial charge in [-0.25, -0.2) is 4.79 Å². The zero-order valence-corrected chi connectivity index (χ0v) is 20.1. The lowest BCUT2D eigenvalue weighted by Gasteiger charge is -2.30. The van der Waals surface area contributed by atoms with Crippen LogP contribution in [0.2, 0.25) is 0 Å². The molecule has 0 aliphatic carbocycles. The van der Waals surface area contributed by atoms with Crippen molar-refractivity contribution in [3.63, 3.8) is 0 Å². The number of aliphatic imine (C=N–C) groups is 1. The Morgan fingerprint density at radius 2 is 1.80 bits per heavy atom. The predicted molar refractivity (Wildman–Crippen MR) is 126 cm³/mol. The van der Waals surface area contributed by atoms with E-state index < -0.39 is 60.2 Å². The van der Waals surface area contributed by atoms with Gasteiger partial charge in [-0.05, 0) is 31.6 Å². The summed E-state index contributed by atoms with van der Waals surface area (Å²) in [5, 5.41) is 23.6. The molecule has 1 aliphatic rings. The highest BCUT2D eigenvalue weighted by molar-refractivity contribution is 5.96. The van der Waals surface area contributed by atoms with Crippen LogP contribution < -0.4 is 27.8 Å². The molecule has 198 valence electrons. The number of rotatable bonds is 14. The number of amides is 3. The van der Waals surface area contributed by atoms with Crippen molar-refractivity contribution in [3.8, 4) is 0 Å². The Morgan fingerprint density at radius 1 is 1.14 bits per heavy atom. The second-order valence-electron chi connectivity index (χ2n) is 8.61. The van der Waals surface area contributed by atoms with Gasteiger partial charge in [0.05, 0.1) is 12.5 Å². The molecule has 5 atom stereocenters. The minimum atomic E-state index is -1.44. The normalized spacial score (nSPS) is 18.6. The van der Waals surface area contributed by atoms with E-state index in [1.807, 2.05) is 0 Å². The van der Waals surface area contributed by atoms with E-state index in [-0.39, 0.29) is 37.8 Å². The molecule has 0 saturated carbocycles. The molecule has 14 heteroatoms. The van der Waals surface area contributed by atoms with Gasteiger partial charge >= 0.3 is 11.9 Å². The van der Waals surface area contributed by atoms with Crippen molar-refractivity contribution < 1.29 is 34.2 Å². The second-order valence-corrected chi connectivity index (χ2v) is 8.61. The maximum absolute atomic E-state index is 13.2. The van der Waals surface area contributed by atoms with E-state index in [1.54, 1.807) is 13.8 Å². The van der Waals surface area contributed by atoms with Gasteiger partial charge in [0.2, 0.25) is 17.7 Å². The van der Waals surface area contributed by atoms with Gasteiger partial charge in [-0.1, -0.05) is 20.3 Å². The number of carbonyl (C=O) groups excluding carboxylic acids is 3. The molecule has 1 rings (SSSR count). The Hall–Kier alpha value is -3.42. The maximum Gasteiger partial charge on any atom is 0.326 e. The molecule has 10 N–H and O–H groups in total. The van der Waals surface area contributed by atoms with E-state index in [0.29, 0.717) is 19.3 Å². The van der Waals surface area contributed by atoms with Crippen LogP contribution in [0.4, 0.5) is 0 Å². The number of guanidine groups is 1. The summed E-state index contributed by atoms with van der Waals surface area (Å²) in [6.45, 7) is 3.90. The van der Waals surface area contributed by atoms with Crippen molar-refractivity contribution in [2.24, 2.45) is 28.1 Å². The molecule has 0 aromatic heterocycles. The van der Waals surface area contributed by atoms with Crippen LogP contribution in [-0.2, 0) is 24.0 Å². The third-order valence-corrected chi connectivity index (χ3v) is 5.91. The largest absolute Gasteiger partial charge is 0.481 e. The number of nitrogens with zero attached hydrogens (tertiary/aromatic N) is 2. The first kappa shape index (κ1) is 29.6. The number of hydrogen-bond donors (Lipinski definition) is 7. The van der Waals surface area contributed by atoms with Crippen molar-refractivity contribution in [3.05, 3.63) is 0 Å². The van der Waals surface area contributed by atoms with Crippen LogP contribution in [0, 0.1) is 5.92 Å². The molecule has 5 unspecified atom stereocenters. The highest BCUT2D eigenvalue weighted by atomic mass is 16.4. The first-order chi connectivity index (χ1) is 16.4. The number of carbonyl (C=O) groups is 5. The van der Waals surface area contributed by atoms with E-state index in [0.717, 1.165) is 0 Å². The van der Waals surface area contributed by atoms with E-state index in [4.69, 9.17) is 17.2 Å². The number of nitrogens with one attached hydrogen (secondary N) is 2. The van der Waals surface area contributed by atoms with Gasteiger partial charge in [-0.2, -0.15) is 0 Å². The van der Waals surface area contributed by atoms with Crippen LogP contribution >= 0.6 is 0 Å². The molecule has 0 spiro atoms. The number of carboxylic acid groups (broad SMARTS) is 2. The van der Waals surface area contributed by atoms with Crippen LogP contribution in [0.1, 0.15) is 52.4 Å². The number of hydrogen-bond acceptors (Lipinski definition) is 7. The van der Waals surface area contributed by atoms with Crippen molar-refractivity contribution in [2.75, 3.05) is 13.1 Å². The summed E-state index contributed by atoms with van der Waals surface area (Å²) >= 11 is 0. The van der Waals surface area contributed by atoms with E-state index in [9.17, 15) is 34.2 Å². The topological polar surface area (TPSA) is 244 Å². The van der Waals surface area contributed by atoms with E-state index >= 15 is 0 Å². The molecule has 3 amide bonds. The van der Waals surface area contributed by atoms with E-state index in [2.05, 4.69) is 15.6 Å². The van der Waals surface area contributed by atoms with Gasteiger partial charge in [-0.3, -0.25) is 24.2 Å². The lowest BCUT2D eigenvalue weighted by atomic mass is 9.98. The number of aliphatic carboxylic acids is 2. The van der Waals surface area contributed by atoms with Gasteiger partial charge in [0, 0.05) is 13.1 Å². The Kier molecular flexibility index (Phi) is 11.9. The van der Waals surface area contributed by atoms with Crippen LogP contribution in [-0.4, -0.2) is 88.0 Å². The van der Waals surface area contributed by atoms with Crippen LogP contribution in [0.3, 0.4) is 0 Å². The van der Waals surface area contributed by atoms with Crippen molar-refractivity contribution >= 4 is 35.6 Å². The zero-order chi connectivity index (χ0) is 26.7. The molecular weight excluding hydrogens is 462 g/mol. The highest BCUT2D eigenvalue weighted by Crippen LogP contribution is 2.20. The molecule has 1 fully saturated rings. The Balaban J connectivity index is 2.90. The number of likely N-dealkylation sites (tertiary alicyclic amines) is 1. The third kappa shape index (κ3) is 9.39. The number of nitrogens with two attached hydrogens (primary N) is 3. The maximum atomic E-state index is 13.2. The molecule has 1 heterocycles. The molecule has 0 bridgehead atoms. The van der Waals surface area contributed by atoms with Gasteiger partial charge in [0.25, 0.3) is 0 Å². The molecule has 0 aromatic rings. The summed E-state index contributed by atoms with van der Waals surface area (Å²) in [6, 6.07) is -4.58. The molecule has 1 aliphatic heterocycles. The lowest BCUT2D eigenvalue weighted by molar-refractivity contribution is -0.147. The van der Waals surface area contributed by atoms with Crippen LogP contribution in [0.5, 0.6) is 0 Å². The lowest BCUT2D eigenvalue weighted by Crippen LogP contribution is -2.57. The standard InChI is InChI=1S/C21H37N7O7/c1-3-11(2)16(20(34)35)27-18(32)14-7-5-9-28(14)19(33)13(10-15(29)30)26-17(31)12(22)6-4-8-25-21(23)24/h11-14,16H,3-10,22H2,1-2H3,(H,26,31)(H,27,32)(H,29,30)(H,34,35)(H4,23,24,25). The molecule has 14 nitrogen and oxygen atoms in total. The SMILES string of the molecule is CCC(C)C(NC(=O)C1CCCN1C(=O)C(CC(=O)O)NC(=O)C(N)CCCN=C(N)N)C(=O)O. The Bertz CT molecular complexity index is 816. The van der Waals surface area contributed by atoms with Gasteiger partial charge in [0.1, 0.15) is 18.1 Å². The minimum Gasteiger partial charge on any atom is -0.481 e. The highest BCUT2D eigenvalue weighted by Gasteiger charge is 2.40.